The fraction of sp³-hybridized carbons (Fsp3) is 0.438. The van der Waals surface area contributed by atoms with Crippen molar-refractivity contribution in [1.29, 1.82) is 0 Å². The quantitative estimate of drug-likeness (QED) is 0.737. The van der Waals surface area contributed by atoms with Gasteiger partial charge in [-0.25, -0.2) is 0 Å². The van der Waals surface area contributed by atoms with Crippen molar-refractivity contribution >= 4 is 11.6 Å². The van der Waals surface area contributed by atoms with E-state index in [4.69, 9.17) is 4.74 Å². The molecular formula is C16H20F3NO2. The lowest BCUT2D eigenvalue weighted by Crippen LogP contribution is -2.47. The number of ether oxygens (including phenoxy) is 1. The zero-order chi connectivity index (χ0) is 16.9. The maximum atomic E-state index is 12.9. The molecule has 1 aromatic carbocycles. The molecule has 1 rings (SSSR count). The summed E-state index contributed by atoms with van der Waals surface area (Å²) in [6.07, 6.45) is -3.19. The molecule has 6 heteroatoms. The molecular weight excluding hydrogens is 295 g/mol. The highest BCUT2D eigenvalue weighted by Crippen LogP contribution is 2.29. The number of carbonyl (C=O) groups is 1. The average Bonchev–Trinajstić information content (AvgIpc) is 2.45. The van der Waals surface area contributed by atoms with Crippen molar-refractivity contribution < 1.29 is 22.7 Å². The number of alkyl halides is 3. The Kier molecular flexibility index (Phi) is 6.02. The lowest BCUT2D eigenvalue weighted by molar-refractivity contribution is -0.170. The summed E-state index contributed by atoms with van der Waals surface area (Å²) in [6.45, 7) is 7.32. The van der Waals surface area contributed by atoms with Gasteiger partial charge in [0.2, 0.25) is 0 Å². The third-order valence-corrected chi connectivity index (χ3v) is 3.13. The number of hydrogen-bond acceptors (Lipinski definition) is 2. The Hall–Kier alpha value is -1.98. The molecule has 0 aromatic heterocycles. The van der Waals surface area contributed by atoms with Crippen LogP contribution in [0.1, 0.15) is 20.3 Å². The van der Waals surface area contributed by atoms with Gasteiger partial charge in [0.25, 0.3) is 0 Å². The van der Waals surface area contributed by atoms with Crippen LogP contribution in [0.5, 0.6) is 5.75 Å². The first-order chi connectivity index (χ1) is 10.2. The fourth-order valence-electron chi connectivity index (χ4n) is 2.13. The van der Waals surface area contributed by atoms with E-state index < -0.39 is 18.1 Å². The zero-order valence-electron chi connectivity index (χ0n) is 12.9. The van der Waals surface area contributed by atoms with Gasteiger partial charge in [-0.3, -0.25) is 9.69 Å². The van der Waals surface area contributed by atoms with Gasteiger partial charge in [-0.1, -0.05) is 19.9 Å². The Labute approximate surface area is 128 Å². The van der Waals surface area contributed by atoms with Gasteiger partial charge >= 0.3 is 12.1 Å². The molecule has 0 N–H and O–H groups in total. The number of amides is 1. The SMILES string of the molecule is C=C[C@H](CC(C)C)N(C(=O)C(F)(F)F)c1ccc(OC)cc1. The summed E-state index contributed by atoms with van der Waals surface area (Å²) in [6, 6.07) is 5.16. The first-order valence-electron chi connectivity index (χ1n) is 6.87. The molecule has 0 spiro atoms. The van der Waals surface area contributed by atoms with Crippen molar-refractivity contribution in [3.8, 4) is 5.75 Å². The third-order valence-electron chi connectivity index (χ3n) is 3.13. The Bertz CT molecular complexity index is 509. The van der Waals surface area contributed by atoms with Gasteiger partial charge in [-0.15, -0.1) is 6.58 Å². The number of rotatable bonds is 6. The molecule has 122 valence electrons. The summed E-state index contributed by atoms with van der Waals surface area (Å²) in [5, 5.41) is 0. The van der Waals surface area contributed by atoms with Crippen molar-refractivity contribution in [1.82, 2.24) is 0 Å². The van der Waals surface area contributed by atoms with E-state index in [9.17, 15) is 18.0 Å². The summed E-state index contributed by atoms with van der Waals surface area (Å²) in [7, 11) is 1.46. The summed E-state index contributed by atoms with van der Waals surface area (Å²) >= 11 is 0. The molecule has 0 radical (unpaired) electrons. The molecule has 0 heterocycles. The van der Waals surface area contributed by atoms with Crippen LogP contribution in [0.25, 0.3) is 0 Å². The van der Waals surface area contributed by atoms with Crippen LogP contribution in [0.2, 0.25) is 0 Å². The monoisotopic (exact) mass is 315 g/mol. The molecule has 0 bridgehead atoms. The number of halogens is 3. The van der Waals surface area contributed by atoms with Crippen molar-refractivity contribution in [3.05, 3.63) is 36.9 Å². The van der Waals surface area contributed by atoms with E-state index >= 15 is 0 Å². The number of carbonyl (C=O) groups excluding carboxylic acids is 1. The smallest absolute Gasteiger partial charge is 0.471 e. The van der Waals surface area contributed by atoms with Crippen LogP contribution in [0.15, 0.2) is 36.9 Å². The molecule has 22 heavy (non-hydrogen) atoms. The van der Waals surface area contributed by atoms with E-state index in [0.29, 0.717) is 12.2 Å². The predicted molar refractivity (Wildman–Crippen MR) is 80.0 cm³/mol. The third kappa shape index (κ3) is 4.51. The maximum absolute atomic E-state index is 12.9. The molecule has 0 fully saturated rings. The van der Waals surface area contributed by atoms with Crippen LogP contribution in [-0.4, -0.2) is 25.2 Å². The summed E-state index contributed by atoms with van der Waals surface area (Å²) in [4.78, 5) is 12.6. The number of nitrogens with zero attached hydrogens (tertiary/aromatic N) is 1. The first kappa shape index (κ1) is 18.1. The number of hydrogen-bond donors (Lipinski definition) is 0. The highest BCUT2D eigenvalue weighted by Gasteiger charge is 2.44. The number of methoxy groups -OCH3 is 1. The van der Waals surface area contributed by atoms with Gasteiger partial charge in [-0.05, 0) is 36.6 Å². The number of anilines is 1. The minimum atomic E-state index is -4.95. The van der Waals surface area contributed by atoms with Gasteiger partial charge in [0.1, 0.15) is 5.75 Å². The van der Waals surface area contributed by atoms with E-state index in [0.717, 1.165) is 4.90 Å². The van der Waals surface area contributed by atoms with Crippen LogP contribution >= 0.6 is 0 Å². The molecule has 1 aromatic rings. The Balaban J connectivity index is 3.25. The summed E-state index contributed by atoms with van der Waals surface area (Å²) in [5.41, 5.74) is 0.161. The van der Waals surface area contributed by atoms with Crippen LogP contribution in [0.4, 0.5) is 18.9 Å². The van der Waals surface area contributed by atoms with Crippen molar-refractivity contribution in [2.75, 3.05) is 12.0 Å². The molecule has 0 saturated heterocycles. The van der Waals surface area contributed by atoms with Gasteiger partial charge in [-0.2, -0.15) is 13.2 Å². The topological polar surface area (TPSA) is 29.5 Å². The second kappa shape index (κ2) is 7.33. The first-order valence-corrected chi connectivity index (χ1v) is 6.87. The Morgan fingerprint density at radius 1 is 1.32 bits per heavy atom. The lowest BCUT2D eigenvalue weighted by atomic mass is 10.0. The second-order valence-electron chi connectivity index (χ2n) is 5.30. The van der Waals surface area contributed by atoms with Crippen molar-refractivity contribution in [2.24, 2.45) is 5.92 Å². The Morgan fingerprint density at radius 2 is 1.86 bits per heavy atom. The van der Waals surface area contributed by atoms with E-state index in [1.165, 1.54) is 37.5 Å². The number of benzene rings is 1. The average molecular weight is 315 g/mol. The van der Waals surface area contributed by atoms with E-state index in [1.54, 1.807) is 0 Å². The second-order valence-corrected chi connectivity index (χ2v) is 5.30. The van der Waals surface area contributed by atoms with Gasteiger partial charge in [0.05, 0.1) is 13.2 Å². The van der Waals surface area contributed by atoms with Crippen LogP contribution in [0.3, 0.4) is 0 Å². The summed E-state index contributed by atoms with van der Waals surface area (Å²) < 4.78 is 43.7. The van der Waals surface area contributed by atoms with Gasteiger partial charge in [0, 0.05) is 5.69 Å². The molecule has 1 amide bonds. The van der Waals surface area contributed by atoms with Crippen LogP contribution < -0.4 is 9.64 Å². The van der Waals surface area contributed by atoms with Crippen LogP contribution in [0, 0.1) is 5.92 Å². The standard InChI is InChI=1S/C16H20F3NO2/c1-5-12(10-11(2)3)20(15(21)16(17,18)19)13-6-8-14(22-4)9-7-13/h5-9,11-12H,1,10H2,2-4H3/t12-/m1/s1. The minimum absolute atomic E-state index is 0.116. The zero-order valence-corrected chi connectivity index (χ0v) is 12.9. The lowest BCUT2D eigenvalue weighted by Gasteiger charge is -2.31. The maximum Gasteiger partial charge on any atom is 0.471 e. The van der Waals surface area contributed by atoms with Gasteiger partial charge < -0.3 is 4.74 Å². The fourth-order valence-corrected chi connectivity index (χ4v) is 2.13. The van der Waals surface area contributed by atoms with Crippen molar-refractivity contribution in [2.45, 2.75) is 32.5 Å². The Morgan fingerprint density at radius 3 is 2.23 bits per heavy atom. The minimum Gasteiger partial charge on any atom is -0.497 e. The highest BCUT2D eigenvalue weighted by atomic mass is 19.4. The highest BCUT2D eigenvalue weighted by molar-refractivity contribution is 5.98. The molecule has 0 aliphatic rings. The molecule has 0 aliphatic heterocycles. The van der Waals surface area contributed by atoms with Crippen molar-refractivity contribution in [3.63, 3.8) is 0 Å². The molecule has 1 atom stereocenters. The van der Waals surface area contributed by atoms with Crippen LogP contribution in [-0.2, 0) is 4.79 Å². The normalized spacial score (nSPS) is 12.9. The molecule has 3 nitrogen and oxygen atoms in total. The predicted octanol–water partition coefficient (Wildman–Crippen LogP) is 4.19. The van der Waals surface area contributed by atoms with E-state index in [2.05, 4.69) is 6.58 Å². The van der Waals surface area contributed by atoms with E-state index in [-0.39, 0.29) is 11.6 Å². The molecule has 0 aliphatic carbocycles. The van der Waals surface area contributed by atoms with E-state index in [1.807, 2.05) is 13.8 Å². The molecule has 0 unspecified atom stereocenters. The molecule has 0 saturated carbocycles. The summed E-state index contributed by atoms with van der Waals surface area (Å²) in [5.74, 6) is -1.28. The largest absolute Gasteiger partial charge is 0.497 e. The van der Waals surface area contributed by atoms with Gasteiger partial charge in [0.15, 0.2) is 0 Å².